The Morgan fingerprint density at radius 2 is 2.22 bits per heavy atom. The molecule has 6 nitrogen and oxygen atoms in total. The second-order valence-corrected chi connectivity index (χ2v) is 5.57. The van der Waals surface area contributed by atoms with Crippen molar-refractivity contribution in [3.8, 4) is 5.69 Å². The third-order valence-electron chi connectivity index (χ3n) is 3.57. The van der Waals surface area contributed by atoms with Crippen molar-refractivity contribution >= 4 is 17.5 Å². The number of imidazole rings is 1. The average molecular weight is 330 g/mol. The lowest BCUT2D eigenvalue weighted by Crippen LogP contribution is -2.31. The Morgan fingerprint density at radius 1 is 1.39 bits per heavy atom. The van der Waals surface area contributed by atoms with Crippen molar-refractivity contribution in [2.45, 2.75) is 19.5 Å². The summed E-state index contributed by atoms with van der Waals surface area (Å²) in [6, 6.07) is 7.43. The zero-order chi connectivity index (χ0) is 16.2. The van der Waals surface area contributed by atoms with Crippen LogP contribution in [0.3, 0.4) is 0 Å². The summed E-state index contributed by atoms with van der Waals surface area (Å²) in [6.45, 7) is 2.20. The fourth-order valence-electron chi connectivity index (χ4n) is 2.29. The molecule has 2 heterocycles. The topological polar surface area (TPSA) is 64.7 Å². The van der Waals surface area contributed by atoms with Crippen molar-refractivity contribution < 1.29 is 4.79 Å². The monoisotopic (exact) mass is 329 g/mol. The Balaban J connectivity index is 1.70. The number of nitrogens with one attached hydrogen (secondary N) is 1. The number of halogens is 1. The van der Waals surface area contributed by atoms with Gasteiger partial charge in [0.25, 0.3) is 0 Å². The van der Waals surface area contributed by atoms with Gasteiger partial charge in [0.2, 0.25) is 5.91 Å². The minimum absolute atomic E-state index is 0.120. The lowest BCUT2D eigenvalue weighted by Gasteiger charge is -2.14. The maximum atomic E-state index is 12.3. The van der Waals surface area contributed by atoms with Gasteiger partial charge in [0.15, 0.2) is 0 Å². The first-order valence-corrected chi connectivity index (χ1v) is 7.56. The molecule has 1 aromatic carbocycles. The van der Waals surface area contributed by atoms with Crippen LogP contribution >= 0.6 is 11.6 Å². The molecule has 3 aromatic rings. The van der Waals surface area contributed by atoms with Crippen LogP contribution in [0.1, 0.15) is 18.5 Å². The minimum Gasteiger partial charge on any atom is -0.350 e. The van der Waals surface area contributed by atoms with Crippen LogP contribution in [-0.4, -0.2) is 25.2 Å². The first-order chi connectivity index (χ1) is 11.1. The van der Waals surface area contributed by atoms with Crippen LogP contribution in [-0.2, 0) is 11.3 Å². The molecule has 1 amide bonds. The van der Waals surface area contributed by atoms with E-state index >= 15 is 0 Å². The Hall–Kier alpha value is -2.60. The number of aromatic nitrogens is 4. The minimum atomic E-state index is -0.428. The van der Waals surface area contributed by atoms with Gasteiger partial charge in [0.1, 0.15) is 6.04 Å². The second kappa shape index (κ2) is 6.66. The van der Waals surface area contributed by atoms with E-state index < -0.39 is 6.04 Å². The van der Waals surface area contributed by atoms with E-state index in [2.05, 4.69) is 15.4 Å². The molecule has 0 aliphatic carbocycles. The SMILES string of the molecule is C[C@@H](C(=O)NCc1ccccc1-n1ccnc1)n1cc(Cl)cn1. The molecule has 0 saturated carbocycles. The first-order valence-electron chi connectivity index (χ1n) is 7.19. The van der Waals surface area contributed by atoms with Crippen LogP contribution in [0.2, 0.25) is 5.02 Å². The number of carbonyl (C=O) groups is 1. The average Bonchev–Trinajstić information content (AvgIpc) is 3.23. The second-order valence-electron chi connectivity index (χ2n) is 5.13. The maximum absolute atomic E-state index is 12.3. The zero-order valence-corrected chi connectivity index (χ0v) is 13.3. The van der Waals surface area contributed by atoms with Crippen LogP contribution < -0.4 is 5.32 Å². The number of hydrogen-bond acceptors (Lipinski definition) is 3. The van der Waals surface area contributed by atoms with E-state index in [0.717, 1.165) is 11.3 Å². The van der Waals surface area contributed by atoms with Gasteiger partial charge in [-0.25, -0.2) is 4.98 Å². The number of para-hydroxylation sites is 1. The highest BCUT2D eigenvalue weighted by Crippen LogP contribution is 2.15. The molecule has 0 fully saturated rings. The number of rotatable bonds is 5. The molecule has 0 saturated heterocycles. The van der Waals surface area contributed by atoms with Gasteiger partial charge in [-0.3, -0.25) is 9.48 Å². The predicted molar refractivity (Wildman–Crippen MR) is 87.4 cm³/mol. The molecule has 0 aliphatic heterocycles. The van der Waals surface area contributed by atoms with E-state index in [1.807, 2.05) is 35.0 Å². The van der Waals surface area contributed by atoms with Crippen LogP contribution in [0, 0.1) is 0 Å². The maximum Gasteiger partial charge on any atom is 0.244 e. The van der Waals surface area contributed by atoms with E-state index in [1.54, 1.807) is 30.3 Å². The van der Waals surface area contributed by atoms with Crippen LogP contribution in [0.15, 0.2) is 55.4 Å². The van der Waals surface area contributed by atoms with Crippen LogP contribution in [0.5, 0.6) is 0 Å². The third-order valence-corrected chi connectivity index (χ3v) is 3.77. The molecule has 0 bridgehead atoms. The quantitative estimate of drug-likeness (QED) is 0.782. The normalized spacial score (nSPS) is 12.1. The zero-order valence-electron chi connectivity index (χ0n) is 12.6. The van der Waals surface area contributed by atoms with Gasteiger partial charge in [-0.15, -0.1) is 0 Å². The van der Waals surface area contributed by atoms with Crippen molar-refractivity contribution in [3.63, 3.8) is 0 Å². The van der Waals surface area contributed by atoms with Crippen molar-refractivity contribution in [2.24, 2.45) is 0 Å². The number of carbonyl (C=O) groups excluding carboxylic acids is 1. The molecule has 0 unspecified atom stereocenters. The van der Waals surface area contributed by atoms with Gasteiger partial charge in [-0.05, 0) is 18.6 Å². The van der Waals surface area contributed by atoms with Crippen molar-refractivity contribution in [3.05, 3.63) is 66.0 Å². The fourth-order valence-corrected chi connectivity index (χ4v) is 2.43. The molecule has 23 heavy (non-hydrogen) atoms. The van der Waals surface area contributed by atoms with Crippen molar-refractivity contribution in [2.75, 3.05) is 0 Å². The molecular formula is C16H16ClN5O. The molecule has 118 valence electrons. The standard InChI is InChI=1S/C16H16ClN5O/c1-12(22-10-14(17)9-20-22)16(23)19-8-13-4-2-3-5-15(13)21-7-6-18-11-21/h2-7,9-12H,8H2,1H3,(H,19,23)/t12-/m0/s1. The van der Waals surface area contributed by atoms with E-state index in [9.17, 15) is 4.79 Å². The van der Waals surface area contributed by atoms with Gasteiger partial charge < -0.3 is 9.88 Å². The third kappa shape index (κ3) is 3.43. The fraction of sp³-hybridized carbons (Fsp3) is 0.188. The number of amides is 1. The Bertz CT molecular complexity index is 796. The van der Waals surface area contributed by atoms with Gasteiger partial charge in [0.05, 0.1) is 23.2 Å². The lowest BCUT2D eigenvalue weighted by molar-refractivity contribution is -0.124. The summed E-state index contributed by atoms with van der Waals surface area (Å²) in [5.74, 6) is -0.120. The summed E-state index contributed by atoms with van der Waals surface area (Å²) >= 11 is 5.84. The van der Waals surface area contributed by atoms with Gasteiger partial charge >= 0.3 is 0 Å². The van der Waals surface area contributed by atoms with E-state index in [4.69, 9.17) is 11.6 Å². The Morgan fingerprint density at radius 3 is 2.91 bits per heavy atom. The lowest BCUT2D eigenvalue weighted by atomic mass is 10.1. The van der Waals surface area contributed by atoms with Gasteiger partial charge in [-0.1, -0.05) is 29.8 Å². The highest BCUT2D eigenvalue weighted by Gasteiger charge is 2.16. The molecule has 1 N–H and O–H groups in total. The molecule has 2 aromatic heterocycles. The van der Waals surface area contributed by atoms with Crippen LogP contribution in [0.4, 0.5) is 0 Å². The molecule has 0 aliphatic rings. The number of hydrogen-bond donors (Lipinski definition) is 1. The largest absolute Gasteiger partial charge is 0.350 e. The number of benzene rings is 1. The summed E-state index contributed by atoms with van der Waals surface area (Å²) in [7, 11) is 0. The highest BCUT2D eigenvalue weighted by molar-refractivity contribution is 6.30. The molecule has 1 atom stereocenters. The van der Waals surface area contributed by atoms with Gasteiger partial charge in [-0.2, -0.15) is 5.10 Å². The van der Waals surface area contributed by atoms with Gasteiger partial charge in [0, 0.05) is 25.1 Å². The highest BCUT2D eigenvalue weighted by atomic mass is 35.5. The van der Waals surface area contributed by atoms with Crippen molar-refractivity contribution in [1.82, 2.24) is 24.6 Å². The molecule has 3 rings (SSSR count). The summed E-state index contributed by atoms with van der Waals surface area (Å²) in [5, 5.41) is 7.50. The molecule has 0 spiro atoms. The number of nitrogens with zero attached hydrogens (tertiary/aromatic N) is 4. The van der Waals surface area contributed by atoms with E-state index in [0.29, 0.717) is 11.6 Å². The molecular weight excluding hydrogens is 314 g/mol. The van der Waals surface area contributed by atoms with Crippen LogP contribution in [0.25, 0.3) is 5.69 Å². The summed E-state index contributed by atoms with van der Waals surface area (Å²) < 4.78 is 3.46. The van der Waals surface area contributed by atoms with E-state index in [1.165, 1.54) is 6.20 Å². The predicted octanol–water partition coefficient (Wildman–Crippen LogP) is 2.60. The Kier molecular flexibility index (Phi) is 4.43. The molecule has 0 radical (unpaired) electrons. The summed E-state index contributed by atoms with van der Waals surface area (Å²) in [6.07, 6.45) is 8.47. The van der Waals surface area contributed by atoms with E-state index in [-0.39, 0.29) is 5.91 Å². The van der Waals surface area contributed by atoms with Crippen molar-refractivity contribution in [1.29, 1.82) is 0 Å². The first kappa shape index (κ1) is 15.3. The molecule has 7 heteroatoms. The summed E-state index contributed by atoms with van der Waals surface area (Å²) in [5.41, 5.74) is 1.99. The smallest absolute Gasteiger partial charge is 0.244 e. The Labute approximate surface area is 138 Å². The summed E-state index contributed by atoms with van der Waals surface area (Å²) in [4.78, 5) is 16.3.